The highest BCUT2D eigenvalue weighted by atomic mass is 32.2. The molecule has 0 spiro atoms. The number of imidazole rings is 1. The summed E-state index contributed by atoms with van der Waals surface area (Å²) in [6.45, 7) is 2.11. The zero-order valence-electron chi connectivity index (χ0n) is 5.10. The summed E-state index contributed by atoms with van der Waals surface area (Å²) in [6.07, 6.45) is 1.89. The Hall–Kier alpha value is -0.220. The van der Waals surface area contributed by atoms with Crippen LogP contribution in [0.2, 0.25) is 0 Å². The Morgan fingerprint density at radius 1 is 1.78 bits per heavy atom. The summed E-state index contributed by atoms with van der Waals surface area (Å²) in [5.41, 5.74) is 0. The Morgan fingerprint density at radius 3 is 3.00 bits per heavy atom. The van der Waals surface area contributed by atoms with Crippen molar-refractivity contribution in [2.45, 2.75) is 11.9 Å². The Bertz CT molecular complexity index is 225. The van der Waals surface area contributed by atoms with E-state index in [1.165, 1.54) is 0 Å². The van der Waals surface area contributed by atoms with E-state index in [0.29, 0.717) is 4.77 Å². The average Bonchev–Trinajstić information content (AvgIpc) is 2.17. The monoisotopic (exact) mass is 160 g/mol. The Labute approximate surface area is 63.1 Å². The summed E-state index contributed by atoms with van der Waals surface area (Å²) in [7, 11) is 0. The van der Waals surface area contributed by atoms with Gasteiger partial charge in [-0.05, 0) is 18.0 Å². The van der Waals surface area contributed by atoms with Gasteiger partial charge in [-0.2, -0.15) is 0 Å². The highest BCUT2D eigenvalue weighted by Gasteiger charge is 1.89. The summed E-state index contributed by atoms with van der Waals surface area (Å²) in [4.78, 5) is 5.89. The van der Waals surface area contributed by atoms with Crippen LogP contribution in [0.3, 0.4) is 0 Å². The third-order valence-electron chi connectivity index (χ3n) is 0.871. The quantitative estimate of drug-likeness (QED) is 0.513. The molecule has 1 aromatic rings. The SMILES string of the molecule is CCSc1c[nH]c(=S)[nH]1. The maximum absolute atomic E-state index is 4.82. The van der Waals surface area contributed by atoms with Gasteiger partial charge in [-0.15, -0.1) is 11.8 Å². The highest BCUT2D eigenvalue weighted by Crippen LogP contribution is 2.11. The highest BCUT2D eigenvalue weighted by molar-refractivity contribution is 7.99. The van der Waals surface area contributed by atoms with Crippen molar-refractivity contribution in [2.24, 2.45) is 0 Å². The minimum Gasteiger partial charge on any atom is -0.336 e. The van der Waals surface area contributed by atoms with Crippen molar-refractivity contribution in [2.75, 3.05) is 5.75 Å². The van der Waals surface area contributed by atoms with E-state index < -0.39 is 0 Å². The largest absolute Gasteiger partial charge is 0.336 e. The molecule has 2 N–H and O–H groups in total. The molecule has 0 amide bonds. The first-order valence-corrected chi connectivity index (χ1v) is 4.13. The van der Waals surface area contributed by atoms with Crippen LogP contribution < -0.4 is 0 Å². The van der Waals surface area contributed by atoms with E-state index in [9.17, 15) is 0 Å². The van der Waals surface area contributed by atoms with Crippen LogP contribution in [-0.4, -0.2) is 15.7 Å². The maximum Gasteiger partial charge on any atom is 0.175 e. The third-order valence-corrected chi connectivity index (χ3v) is 1.91. The van der Waals surface area contributed by atoms with Crippen molar-refractivity contribution >= 4 is 24.0 Å². The van der Waals surface area contributed by atoms with Crippen LogP contribution in [0, 0.1) is 4.77 Å². The van der Waals surface area contributed by atoms with Gasteiger partial charge in [0, 0.05) is 6.20 Å². The number of hydrogen-bond acceptors (Lipinski definition) is 2. The fourth-order valence-corrected chi connectivity index (χ4v) is 1.41. The first kappa shape index (κ1) is 6.89. The van der Waals surface area contributed by atoms with Gasteiger partial charge in [-0.1, -0.05) is 6.92 Å². The van der Waals surface area contributed by atoms with Gasteiger partial charge in [0.05, 0.1) is 5.03 Å². The van der Waals surface area contributed by atoms with Crippen molar-refractivity contribution in [1.82, 2.24) is 9.97 Å². The molecule has 1 aromatic heterocycles. The topological polar surface area (TPSA) is 31.6 Å². The fourth-order valence-electron chi connectivity index (χ4n) is 0.548. The van der Waals surface area contributed by atoms with Crippen LogP contribution in [0.15, 0.2) is 11.2 Å². The van der Waals surface area contributed by atoms with E-state index in [4.69, 9.17) is 12.2 Å². The molecule has 0 bridgehead atoms. The standard InChI is InChI=1S/C5H8N2S2/c1-2-9-4-3-6-5(8)7-4/h3H,2H2,1H3,(H2,6,7,8). The lowest BCUT2D eigenvalue weighted by Crippen LogP contribution is -1.68. The van der Waals surface area contributed by atoms with E-state index >= 15 is 0 Å². The number of rotatable bonds is 2. The molecule has 0 saturated carbocycles. The van der Waals surface area contributed by atoms with E-state index in [1.54, 1.807) is 11.8 Å². The zero-order valence-corrected chi connectivity index (χ0v) is 6.73. The molecule has 0 aliphatic carbocycles. The molecule has 50 valence electrons. The molecule has 1 rings (SSSR count). The first-order valence-electron chi connectivity index (χ1n) is 2.73. The molecule has 0 fully saturated rings. The molecule has 0 aliphatic rings. The molecule has 0 saturated heterocycles. The second-order valence-electron chi connectivity index (χ2n) is 1.54. The summed E-state index contributed by atoms with van der Waals surface area (Å²) < 4.78 is 0.700. The molecular weight excluding hydrogens is 152 g/mol. The van der Waals surface area contributed by atoms with Gasteiger partial charge in [0.2, 0.25) is 0 Å². The van der Waals surface area contributed by atoms with Crippen LogP contribution in [0.1, 0.15) is 6.92 Å². The Kier molecular flexibility index (Phi) is 2.36. The Balaban J connectivity index is 2.73. The summed E-state index contributed by atoms with van der Waals surface area (Å²) in [5, 5.41) is 1.11. The van der Waals surface area contributed by atoms with Gasteiger partial charge in [0.1, 0.15) is 0 Å². The van der Waals surface area contributed by atoms with Gasteiger partial charge in [0.15, 0.2) is 4.77 Å². The van der Waals surface area contributed by atoms with Crippen LogP contribution in [0.5, 0.6) is 0 Å². The minimum atomic E-state index is 0.700. The number of thioether (sulfide) groups is 1. The molecule has 0 atom stereocenters. The third kappa shape index (κ3) is 1.87. The lowest BCUT2D eigenvalue weighted by atomic mass is 10.9. The number of nitrogens with one attached hydrogen (secondary N) is 2. The number of H-pyrrole nitrogens is 2. The van der Waals surface area contributed by atoms with Gasteiger partial charge < -0.3 is 9.97 Å². The van der Waals surface area contributed by atoms with Crippen molar-refractivity contribution in [1.29, 1.82) is 0 Å². The van der Waals surface area contributed by atoms with Crippen LogP contribution >= 0.6 is 24.0 Å². The van der Waals surface area contributed by atoms with Crippen LogP contribution in [0.25, 0.3) is 0 Å². The fraction of sp³-hybridized carbons (Fsp3) is 0.400. The Morgan fingerprint density at radius 2 is 2.56 bits per heavy atom. The number of aromatic amines is 2. The van der Waals surface area contributed by atoms with Gasteiger partial charge in [0.25, 0.3) is 0 Å². The molecule has 9 heavy (non-hydrogen) atoms. The van der Waals surface area contributed by atoms with Crippen LogP contribution in [-0.2, 0) is 0 Å². The molecule has 0 unspecified atom stereocenters. The van der Waals surface area contributed by atoms with Crippen molar-refractivity contribution < 1.29 is 0 Å². The average molecular weight is 160 g/mol. The molecule has 4 heteroatoms. The van der Waals surface area contributed by atoms with Gasteiger partial charge >= 0.3 is 0 Å². The van der Waals surface area contributed by atoms with Crippen molar-refractivity contribution in [3.8, 4) is 0 Å². The lowest BCUT2D eigenvalue weighted by molar-refractivity contribution is 1.18. The summed E-state index contributed by atoms with van der Waals surface area (Å²) in [5.74, 6) is 1.07. The molecule has 0 aliphatic heterocycles. The van der Waals surface area contributed by atoms with E-state index in [1.807, 2.05) is 6.20 Å². The molecule has 0 radical (unpaired) electrons. The molecule has 2 nitrogen and oxygen atoms in total. The maximum atomic E-state index is 4.82. The van der Waals surface area contributed by atoms with Crippen molar-refractivity contribution in [3.05, 3.63) is 11.0 Å². The second kappa shape index (κ2) is 3.08. The van der Waals surface area contributed by atoms with Crippen LogP contribution in [0.4, 0.5) is 0 Å². The van der Waals surface area contributed by atoms with Gasteiger partial charge in [-0.3, -0.25) is 0 Å². The van der Waals surface area contributed by atoms with E-state index in [-0.39, 0.29) is 0 Å². The molecule has 0 aromatic carbocycles. The lowest BCUT2D eigenvalue weighted by Gasteiger charge is -1.86. The van der Waals surface area contributed by atoms with E-state index in [0.717, 1.165) is 10.8 Å². The first-order chi connectivity index (χ1) is 4.33. The normalized spacial score (nSPS) is 9.89. The van der Waals surface area contributed by atoms with E-state index in [2.05, 4.69) is 16.9 Å². The minimum absolute atomic E-state index is 0.700. The number of aromatic nitrogens is 2. The van der Waals surface area contributed by atoms with Crippen molar-refractivity contribution in [3.63, 3.8) is 0 Å². The summed E-state index contributed by atoms with van der Waals surface area (Å²) >= 11 is 6.57. The zero-order chi connectivity index (χ0) is 6.69. The smallest absolute Gasteiger partial charge is 0.175 e. The number of hydrogen-bond donors (Lipinski definition) is 2. The molecule has 1 heterocycles. The van der Waals surface area contributed by atoms with Gasteiger partial charge in [-0.25, -0.2) is 0 Å². The summed E-state index contributed by atoms with van der Waals surface area (Å²) in [6, 6.07) is 0. The predicted octanol–water partition coefficient (Wildman–Crippen LogP) is 2.18. The predicted molar refractivity (Wildman–Crippen MR) is 42.4 cm³/mol. The second-order valence-corrected chi connectivity index (χ2v) is 3.25. The molecular formula is C5H8N2S2.